The van der Waals surface area contributed by atoms with Crippen LogP contribution in [0.4, 0.5) is 0 Å². The van der Waals surface area contributed by atoms with Gasteiger partial charge in [-0.3, -0.25) is 4.79 Å². The Bertz CT molecular complexity index is 797. The minimum atomic E-state index is -3.55. The zero-order valence-electron chi connectivity index (χ0n) is 15.9. The number of hydrogen-bond donors (Lipinski definition) is 0. The van der Waals surface area contributed by atoms with Crippen molar-refractivity contribution < 1.29 is 21.8 Å². The minimum Gasteiger partial charge on any atom is -0.467 e. The van der Waals surface area contributed by atoms with Gasteiger partial charge in [0.25, 0.3) is 0 Å². The van der Waals surface area contributed by atoms with Gasteiger partial charge in [-0.2, -0.15) is 8.42 Å². The molecule has 0 saturated heterocycles. The highest BCUT2D eigenvalue weighted by atomic mass is 32.2. The number of rotatable bonds is 11. The molecule has 1 amide bonds. The lowest BCUT2D eigenvalue weighted by Gasteiger charge is -2.22. The molecule has 2 rings (SSSR count). The molecule has 0 bridgehead atoms. The monoisotopic (exact) mass is 393 g/mol. The van der Waals surface area contributed by atoms with Crippen molar-refractivity contribution in [3.63, 3.8) is 0 Å². The molecule has 0 radical (unpaired) electrons. The van der Waals surface area contributed by atoms with Gasteiger partial charge in [0.15, 0.2) is 0 Å². The van der Waals surface area contributed by atoms with Crippen LogP contribution in [0.25, 0.3) is 0 Å². The van der Waals surface area contributed by atoms with Crippen LogP contribution in [0.5, 0.6) is 5.75 Å². The molecule has 6 nitrogen and oxygen atoms in total. The van der Waals surface area contributed by atoms with E-state index in [-0.39, 0.29) is 17.4 Å². The number of nitrogens with zero attached hydrogens (tertiary/aromatic N) is 1. The molecule has 7 heteroatoms. The molecule has 0 spiro atoms. The van der Waals surface area contributed by atoms with E-state index in [0.29, 0.717) is 19.5 Å². The second kappa shape index (κ2) is 10.2. The van der Waals surface area contributed by atoms with E-state index in [1.165, 1.54) is 6.92 Å². The molecular formula is C20H27NO5S. The molecule has 148 valence electrons. The normalized spacial score (nSPS) is 11.3. The predicted octanol–water partition coefficient (Wildman–Crippen LogP) is 4.12. The Morgan fingerprint density at radius 1 is 1.07 bits per heavy atom. The number of carbonyl (C=O) groups excluding carboxylic acids is 1. The van der Waals surface area contributed by atoms with E-state index in [4.69, 9.17) is 8.60 Å². The van der Waals surface area contributed by atoms with Gasteiger partial charge in [-0.1, -0.05) is 31.9 Å². The zero-order valence-corrected chi connectivity index (χ0v) is 16.7. The highest BCUT2D eigenvalue weighted by Crippen LogP contribution is 2.18. The summed E-state index contributed by atoms with van der Waals surface area (Å²) < 4.78 is 33.4. The van der Waals surface area contributed by atoms with Gasteiger partial charge in [-0.05, 0) is 43.2 Å². The fourth-order valence-electron chi connectivity index (χ4n) is 2.58. The summed E-state index contributed by atoms with van der Waals surface area (Å²) in [4.78, 5) is 14.4. The van der Waals surface area contributed by atoms with E-state index in [9.17, 15) is 13.2 Å². The second-order valence-corrected chi connectivity index (χ2v) is 8.22. The first-order chi connectivity index (χ1) is 12.9. The molecule has 0 atom stereocenters. The van der Waals surface area contributed by atoms with Gasteiger partial charge >= 0.3 is 10.1 Å². The first-order valence-corrected chi connectivity index (χ1v) is 10.8. The van der Waals surface area contributed by atoms with Gasteiger partial charge in [0.05, 0.1) is 18.6 Å². The smallest absolute Gasteiger partial charge is 0.308 e. The van der Waals surface area contributed by atoms with Crippen LogP contribution in [0, 0.1) is 0 Å². The maximum absolute atomic E-state index is 12.6. The van der Waals surface area contributed by atoms with Crippen molar-refractivity contribution in [2.45, 2.75) is 52.6 Å². The molecule has 0 saturated carbocycles. The van der Waals surface area contributed by atoms with Gasteiger partial charge in [-0.25, -0.2) is 0 Å². The molecule has 27 heavy (non-hydrogen) atoms. The molecule has 2 aromatic rings. The highest BCUT2D eigenvalue weighted by Gasteiger charge is 2.16. The number of unbranched alkanes of at least 4 members (excludes halogenated alkanes) is 2. The summed E-state index contributed by atoms with van der Waals surface area (Å²) in [6.45, 7) is 4.46. The summed E-state index contributed by atoms with van der Waals surface area (Å²) in [6.07, 6.45) is 5.05. The molecule has 0 aliphatic carbocycles. The van der Waals surface area contributed by atoms with Crippen LogP contribution in [-0.2, 0) is 28.0 Å². The molecule has 1 heterocycles. The fourth-order valence-corrected chi connectivity index (χ4v) is 3.11. The molecule has 0 fully saturated rings. The number of benzene rings is 1. The third-order valence-corrected chi connectivity index (χ3v) is 5.30. The van der Waals surface area contributed by atoms with Gasteiger partial charge in [0.2, 0.25) is 5.91 Å². The Hall–Kier alpha value is -2.28. The van der Waals surface area contributed by atoms with E-state index in [0.717, 1.165) is 30.6 Å². The molecule has 0 aliphatic heterocycles. The molecule has 1 aromatic carbocycles. The van der Waals surface area contributed by atoms with E-state index in [1.807, 2.05) is 6.07 Å². The maximum atomic E-state index is 12.6. The van der Waals surface area contributed by atoms with Crippen LogP contribution < -0.4 is 4.18 Å². The van der Waals surface area contributed by atoms with Crippen LogP contribution in [0.15, 0.2) is 47.1 Å². The Labute approximate surface area is 161 Å². The summed E-state index contributed by atoms with van der Waals surface area (Å²) in [5.41, 5.74) is 0.895. The average molecular weight is 394 g/mol. The quantitative estimate of drug-likeness (QED) is 0.424. The minimum absolute atomic E-state index is 0.0775. The lowest BCUT2D eigenvalue weighted by Crippen LogP contribution is -2.29. The van der Waals surface area contributed by atoms with E-state index >= 15 is 0 Å². The van der Waals surface area contributed by atoms with Crippen LogP contribution >= 0.6 is 0 Å². The first kappa shape index (κ1) is 21.0. The zero-order chi connectivity index (χ0) is 19.7. The van der Waals surface area contributed by atoms with E-state index in [2.05, 4.69) is 6.92 Å². The van der Waals surface area contributed by atoms with Crippen LogP contribution in [0.2, 0.25) is 0 Å². The molecular weight excluding hydrogens is 366 g/mol. The van der Waals surface area contributed by atoms with Gasteiger partial charge in [-0.15, -0.1) is 0 Å². The molecule has 1 aromatic heterocycles. The van der Waals surface area contributed by atoms with Crippen LogP contribution in [-0.4, -0.2) is 25.0 Å². The van der Waals surface area contributed by atoms with Crippen molar-refractivity contribution in [2.75, 3.05) is 5.75 Å². The Kier molecular flexibility index (Phi) is 7.91. The molecule has 0 N–H and O–H groups in total. The largest absolute Gasteiger partial charge is 0.467 e. The number of furan rings is 1. The number of carbonyl (C=O) groups is 1. The summed E-state index contributed by atoms with van der Waals surface area (Å²) in [7, 11) is -3.55. The molecule has 0 aliphatic rings. The van der Waals surface area contributed by atoms with E-state index in [1.54, 1.807) is 41.5 Å². The Morgan fingerprint density at radius 3 is 2.41 bits per heavy atom. The predicted molar refractivity (Wildman–Crippen MR) is 104 cm³/mol. The van der Waals surface area contributed by atoms with Gasteiger partial charge < -0.3 is 13.5 Å². The number of hydrogen-bond acceptors (Lipinski definition) is 5. The standard InChI is InChI=1S/C20H27NO5S/c1-3-5-6-9-20(22)21(16-19-8-7-14-25-19)15-17-10-12-18(13-11-17)26-27(23,24)4-2/h7-8,10-14H,3-6,9,15-16H2,1-2H3. The van der Waals surface area contributed by atoms with Crippen molar-refractivity contribution in [3.8, 4) is 5.75 Å². The lowest BCUT2D eigenvalue weighted by molar-refractivity contribution is -0.132. The summed E-state index contributed by atoms with van der Waals surface area (Å²) in [5.74, 6) is 0.992. The van der Waals surface area contributed by atoms with Crippen molar-refractivity contribution >= 4 is 16.0 Å². The topological polar surface area (TPSA) is 76.8 Å². The lowest BCUT2D eigenvalue weighted by atomic mass is 10.1. The Morgan fingerprint density at radius 2 is 1.81 bits per heavy atom. The maximum Gasteiger partial charge on any atom is 0.308 e. The second-order valence-electron chi connectivity index (χ2n) is 6.36. The number of amides is 1. The summed E-state index contributed by atoms with van der Waals surface area (Å²) in [6, 6.07) is 10.4. The van der Waals surface area contributed by atoms with E-state index < -0.39 is 10.1 Å². The first-order valence-electron chi connectivity index (χ1n) is 9.24. The van der Waals surface area contributed by atoms with Crippen LogP contribution in [0.1, 0.15) is 50.9 Å². The van der Waals surface area contributed by atoms with Crippen molar-refractivity contribution in [2.24, 2.45) is 0 Å². The third kappa shape index (κ3) is 7.09. The average Bonchev–Trinajstić information content (AvgIpc) is 3.16. The summed E-state index contributed by atoms with van der Waals surface area (Å²) >= 11 is 0. The highest BCUT2D eigenvalue weighted by molar-refractivity contribution is 7.87. The Balaban J connectivity index is 2.05. The van der Waals surface area contributed by atoms with Gasteiger partial charge in [0.1, 0.15) is 11.5 Å². The van der Waals surface area contributed by atoms with Crippen molar-refractivity contribution in [1.29, 1.82) is 0 Å². The van der Waals surface area contributed by atoms with Crippen molar-refractivity contribution in [1.82, 2.24) is 4.90 Å². The van der Waals surface area contributed by atoms with Crippen LogP contribution in [0.3, 0.4) is 0 Å². The van der Waals surface area contributed by atoms with Gasteiger partial charge in [0, 0.05) is 13.0 Å². The summed E-state index contributed by atoms with van der Waals surface area (Å²) in [5, 5.41) is 0. The fraction of sp³-hybridized carbons (Fsp3) is 0.450. The third-order valence-electron chi connectivity index (χ3n) is 4.15. The SMILES string of the molecule is CCCCCC(=O)N(Cc1ccc(OS(=O)(=O)CC)cc1)Cc1ccco1. The molecule has 0 unspecified atom stereocenters. The van der Waals surface area contributed by atoms with Crippen molar-refractivity contribution in [3.05, 3.63) is 54.0 Å².